The van der Waals surface area contributed by atoms with Crippen molar-refractivity contribution >= 4 is 27.6 Å². The van der Waals surface area contributed by atoms with E-state index in [0.29, 0.717) is 5.69 Å². The minimum Gasteiger partial charge on any atom is -0.451 e. The van der Waals surface area contributed by atoms with Crippen LogP contribution in [0.5, 0.6) is 0 Å². The maximum absolute atomic E-state index is 12.5. The van der Waals surface area contributed by atoms with Crippen LogP contribution >= 0.6 is 0 Å². The highest BCUT2D eigenvalue weighted by Gasteiger charge is 2.30. The molecule has 0 aliphatic heterocycles. The van der Waals surface area contributed by atoms with Crippen molar-refractivity contribution < 1.29 is 27.3 Å². The molecule has 2 N–H and O–H groups in total. The molecular formula is C19H25N3O6S. The van der Waals surface area contributed by atoms with Crippen LogP contribution in [0.4, 0.5) is 5.69 Å². The Hall–Kier alpha value is -2.72. The summed E-state index contributed by atoms with van der Waals surface area (Å²) >= 11 is 0. The largest absolute Gasteiger partial charge is 0.451 e. The first-order valence-corrected chi connectivity index (χ1v) is 10.4. The number of aryl methyl sites for hydroxylation is 4. The number of nitrogens with zero attached hydrogens (tertiary/aromatic N) is 1. The zero-order valence-electron chi connectivity index (χ0n) is 17.2. The van der Waals surface area contributed by atoms with E-state index in [9.17, 15) is 18.0 Å². The van der Waals surface area contributed by atoms with E-state index in [4.69, 9.17) is 9.26 Å². The van der Waals surface area contributed by atoms with Crippen molar-refractivity contribution in [1.29, 1.82) is 0 Å². The van der Waals surface area contributed by atoms with Crippen molar-refractivity contribution in [3.05, 3.63) is 40.8 Å². The first-order chi connectivity index (χ1) is 13.4. The van der Waals surface area contributed by atoms with Gasteiger partial charge in [-0.1, -0.05) is 23.4 Å². The second kappa shape index (κ2) is 8.75. The van der Waals surface area contributed by atoms with E-state index in [2.05, 4.69) is 15.2 Å². The fourth-order valence-corrected chi connectivity index (χ4v) is 4.29. The van der Waals surface area contributed by atoms with Crippen LogP contribution in [0.25, 0.3) is 0 Å². The van der Waals surface area contributed by atoms with E-state index in [0.717, 1.165) is 11.1 Å². The fourth-order valence-electron chi connectivity index (χ4n) is 2.76. The molecule has 158 valence electrons. The van der Waals surface area contributed by atoms with Crippen LogP contribution < -0.4 is 10.0 Å². The lowest BCUT2D eigenvalue weighted by Gasteiger charge is -2.18. The summed E-state index contributed by atoms with van der Waals surface area (Å²) in [6.07, 6.45) is -1.12. The van der Waals surface area contributed by atoms with Crippen LogP contribution in [0.3, 0.4) is 0 Å². The summed E-state index contributed by atoms with van der Waals surface area (Å²) < 4.78 is 37.2. The first kappa shape index (κ1) is 22.6. The van der Waals surface area contributed by atoms with Gasteiger partial charge < -0.3 is 14.6 Å². The van der Waals surface area contributed by atoms with E-state index in [1.165, 1.54) is 27.7 Å². The Morgan fingerprint density at radius 1 is 1.10 bits per heavy atom. The molecule has 0 saturated heterocycles. The molecule has 1 amide bonds. The zero-order chi connectivity index (χ0) is 21.9. The third-order valence-electron chi connectivity index (χ3n) is 4.31. The number of esters is 1. The number of nitrogens with one attached hydrogen (secondary N) is 2. The summed E-state index contributed by atoms with van der Waals surface area (Å²) in [4.78, 5) is 24.6. The zero-order valence-corrected chi connectivity index (χ0v) is 18.0. The number of rotatable bonds is 7. The summed E-state index contributed by atoms with van der Waals surface area (Å²) in [5.74, 6) is -1.29. The Balaban J connectivity index is 2.02. The Morgan fingerprint density at radius 2 is 1.69 bits per heavy atom. The summed E-state index contributed by atoms with van der Waals surface area (Å²) in [7, 11) is -4.05. The van der Waals surface area contributed by atoms with E-state index in [1.54, 1.807) is 0 Å². The van der Waals surface area contributed by atoms with Gasteiger partial charge in [-0.25, -0.2) is 8.42 Å². The van der Waals surface area contributed by atoms with Crippen molar-refractivity contribution in [1.82, 2.24) is 9.88 Å². The van der Waals surface area contributed by atoms with Crippen LogP contribution in [0, 0.1) is 27.7 Å². The molecule has 1 aromatic heterocycles. The third kappa shape index (κ3) is 5.21. The minimum absolute atomic E-state index is 0.108. The smallest absolute Gasteiger partial charge is 0.324 e. The van der Waals surface area contributed by atoms with Crippen molar-refractivity contribution in [3.63, 3.8) is 0 Å². The van der Waals surface area contributed by atoms with Crippen molar-refractivity contribution in [3.8, 4) is 0 Å². The van der Waals surface area contributed by atoms with Gasteiger partial charge in [0.15, 0.2) is 11.9 Å². The Bertz CT molecular complexity index is 989. The van der Waals surface area contributed by atoms with Crippen molar-refractivity contribution in [2.45, 2.75) is 58.6 Å². The van der Waals surface area contributed by atoms with Gasteiger partial charge in [-0.05, 0) is 52.7 Å². The number of amides is 1. The molecule has 2 rings (SSSR count). The van der Waals surface area contributed by atoms with E-state index in [1.807, 2.05) is 32.0 Å². The summed E-state index contributed by atoms with van der Waals surface area (Å²) in [6, 6.07) is 4.36. The molecule has 0 bridgehead atoms. The molecule has 0 radical (unpaired) electrons. The van der Waals surface area contributed by atoms with Gasteiger partial charge in [-0.3, -0.25) is 9.59 Å². The fraction of sp³-hybridized carbons (Fsp3) is 0.421. The second-order valence-corrected chi connectivity index (χ2v) is 8.48. The molecule has 0 saturated carbocycles. The Labute approximate surface area is 169 Å². The van der Waals surface area contributed by atoms with Gasteiger partial charge in [-0.15, -0.1) is 0 Å². The van der Waals surface area contributed by atoms with Crippen LogP contribution in [0.1, 0.15) is 36.4 Å². The average molecular weight is 423 g/mol. The molecule has 0 aliphatic carbocycles. The third-order valence-corrected chi connectivity index (χ3v) is 6.10. The predicted octanol–water partition coefficient (Wildman–Crippen LogP) is 2.15. The maximum atomic E-state index is 12.5. The summed E-state index contributed by atoms with van der Waals surface area (Å²) in [6.45, 7) is 9.38. The number of aromatic nitrogens is 1. The topological polar surface area (TPSA) is 128 Å². The van der Waals surface area contributed by atoms with Gasteiger partial charge in [0.25, 0.3) is 5.91 Å². The SMILES string of the molecule is Cc1cccc(C)c1NC(=O)[C@@H](C)OC(=O)[C@H](C)NS(=O)(=O)c1c(C)noc1C. The van der Waals surface area contributed by atoms with Gasteiger partial charge in [0.05, 0.1) is 0 Å². The number of ether oxygens (including phenoxy) is 1. The average Bonchev–Trinajstić information content (AvgIpc) is 2.96. The van der Waals surface area contributed by atoms with Crippen molar-refractivity contribution in [2.24, 2.45) is 0 Å². The number of hydrogen-bond acceptors (Lipinski definition) is 7. The molecular weight excluding hydrogens is 398 g/mol. The van der Waals surface area contributed by atoms with Crippen LogP contribution in [-0.4, -0.2) is 37.6 Å². The minimum atomic E-state index is -4.05. The van der Waals surface area contributed by atoms with Crippen LogP contribution in [-0.2, 0) is 24.3 Å². The lowest BCUT2D eigenvalue weighted by Crippen LogP contribution is -2.42. The normalized spacial score (nSPS) is 13.6. The van der Waals surface area contributed by atoms with Crippen LogP contribution in [0.2, 0.25) is 0 Å². The molecule has 9 nitrogen and oxygen atoms in total. The summed E-state index contributed by atoms with van der Waals surface area (Å²) in [5.41, 5.74) is 2.57. The van der Waals surface area contributed by atoms with Crippen LogP contribution in [0.15, 0.2) is 27.6 Å². The number of anilines is 1. The van der Waals surface area contributed by atoms with Gasteiger partial charge in [0.2, 0.25) is 10.0 Å². The van der Waals surface area contributed by atoms with Gasteiger partial charge in [-0.2, -0.15) is 4.72 Å². The number of para-hydroxylation sites is 1. The number of benzene rings is 1. The molecule has 0 fully saturated rings. The highest BCUT2D eigenvalue weighted by atomic mass is 32.2. The molecule has 2 atom stereocenters. The molecule has 2 aromatic rings. The number of carbonyl (C=O) groups is 2. The van der Waals surface area contributed by atoms with Crippen molar-refractivity contribution in [2.75, 3.05) is 5.32 Å². The second-order valence-electron chi connectivity index (χ2n) is 6.83. The molecule has 29 heavy (non-hydrogen) atoms. The van der Waals surface area contributed by atoms with E-state index in [-0.39, 0.29) is 16.3 Å². The van der Waals surface area contributed by atoms with Gasteiger partial charge >= 0.3 is 5.97 Å². The summed E-state index contributed by atoms with van der Waals surface area (Å²) in [5, 5.41) is 6.33. The number of hydrogen-bond donors (Lipinski definition) is 2. The number of sulfonamides is 1. The highest BCUT2D eigenvalue weighted by Crippen LogP contribution is 2.20. The monoisotopic (exact) mass is 423 g/mol. The first-order valence-electron chi connectivity index (χ1n) is 8.96. The molecule has 0 spiro atoms. The Morgan fingerprint density at radius 3 is 2.21 bits per heavy atom. The standard InChI is InChI=1S/C19H25N3O6S/c1-10-8-7-9-11(2)16(10)20-18(23)15(6)27-19(24)13(4)22-29(25,26)17-12(3)21-28-14(17)5/h7-9,13,15,22H,1-6H3,(H,20,23)/t13-,15+/m0/s1. The predicted molar refractivity (Wildman–Crippen MR) is 106 cm³/mol. The molecule has 0 unspecified atom stereocenters. The van der Waals surface area contributed by atoms with Gasteiger partial charge in [0, 0.05) is 5.69 Å². The number of carbonyl (C=O) groups excluding carboxylic acids is 2. The van der Waals surface area contributed by atoms with E-state index < -0.39 is 34.0 Å². The lowest BCUT2D eigenvalue weighted by molar-refractivity contribution is -0.154. The van der Waals surface area contributed by atoms with E-state index >= 15 is 0 Å². The quantitative estimate of drug-likeness (QED) is 0.653. The molecule has 1 heterocycles. The lowest BCUT2D eigenvalue weighted by atomic mass is 10.1. The highest BCUT2D eigenvalue weighted by molar-refractivity contribution is 7.89. The molecule has 10 heteroatoms. The molecule has 0 aliphatic rings. The maximum Gasteiger partial charge on any atom is 0.324 e. The molecule has 1 aromatic carbocycles. The van der Waals surface area contributed by atoms with Gasteiger partial charge in [0.1, 0.15) is 16.6 Å². The Kier molecular flexibility index (Phi) is 6.81.